The van der Waals surface area contributed by atoms with Gasteiger partial charge < -0.3 is 19.7 Å². The molecule has 4 rings (SSSR count). The fourth-order valence-corrected chi connectivity index (χ4v) is 4.67. The molecule has 0 radical (unpaired) electrons. The van der Waals surface area contributed by atoms with Gasteiger partial charge in [0.05, 0.1) is 36.3 Å². The molecule has 1 aromatic carbocycles. The van der Waals surface area contributed by atoms with Crippen molar-refractivity contribution < 1.29 is 19.1 Å². The lowest BCUT2D eigenvalue weighted by Crippen LogP contribution is -2.45. The van der Waals surface area contributed by atoms with Crippen molar-refractivity contribution in [1.82, 2.24) is 20.0 Å². The highest BCUT2D eigenvalue weighted by Gasteiger charge is 2.41. The first-order chi connectivity index (χ1) is 16.9. The Morgan fingerprint density at radius 2 is 2.11 bits per heavy atom. The molecule has 0 spiro atoms. The van der Waals surface area contributed by atoms with Gasteiger partial charge in [0.2, 0.25) is 0 Å². The van der Waals surface area contributed by atoms with Gasteiger partial charge in [-0.15, -0.1) is 0 Å². The Balaban J connectivity index is 1.61. The third kappa shape index (κ3) is 6.24. The lowest BCUT2D eigenvalue weighted by atomic mass is 10.0. The number of amides is 2. The third-order valence-electron chi connectivity index (χ3n) is 6.44. The molecule has 1 aliphatic heterocycles. The van der Waals surface area contributed by atoms with Crippen LogP contribution in [0.25, 0.3) is 11.8 Å². The van der Waals surface area contributed by atoms with Gasteiger partial charge in [-0.3, -0.25) is 4.79 Å². The SMILES string of the molecule is COC(=O)NC/C=C/c1cc([C@@H](C)N(C(=O)[C@H]2CCC[C@@H](C)O2)C2CC2)nn1-c1cccc(Cl)c1. The van der Waals surface area contributed by atoms with E-state index in [4.69, 9.17) is 21.4 Å². The maximum atomic E-state index is 13.5. The van der Waals surface area contributed by atoms with Crippen LogP contribution in [0.2, 0.25) is 5.02 Å². The summed E-state index contributed by atoms with van der Waals surface area (Å²) >= 11 is 6.25. The predicted octanol–water partition coefficient (Wildman–Crippen LogP) is 4.90. The number of methoxy groups -OCH3 is 1. The number of rotatable bonds is 8. The lowest BCUT2D eigenvalue weighted by molar-refractivity contribution is -0.154. The van der Waals surface area contributed by atoms with Crippen molar-refractivity contribution in [3.8, 4) is 5.69 Å². The summed E-state index contributed by atoms with van der Waals surface area (Å²) in [6, 6.07) is 9.44. The molecule has 2 amide bonds. The molecule has 1 aromatic heterocycles. The molecule has 9 heteroatoms. The second-order valence-corrected chi connectivity index (χ2v) is 9.62. The van der Waals surface area contributed by atoms with Crippen LogP contribution in [0.4, 0.5) is 4.79 Å². The molecule has 1 saturated carbocycles. The van der Waals surface area contributed by atoms with E-state index < -0.39 is 6.09 Å². The average molecular weight is 501 g/mol. The fraction of sp³-hybridized carbons (Fsp3) is 0.500. The molecular formula is C26H33ClN4O4. The number of hydrogen-bond acceptors (Lipinski definition) is 5. The van der Waals surface area contributed by atoms with Gasteiger partial charge in [-0.1, -0.05) is 23.7 Å². The molecule has 1 aliphatic carbocycles. The summed E-state index contributed by atoms with van der Waals surface area (Å²) in [5, 5.41) is 8.12. The minimum atomic E-state index is -0.495. The van der Waals surface area contributed by atoms with E-state index in [1.807, 2.05) is 61.2 Å². The number of nitrogens with one attached hydrogen (secondary N) is 1. The second kappa shape index (κ2) is 11.3. The summed E-state index contributed by atoms with van der Waals surface area (Å²) in [5.41, 5.74) is 2.41. The number of benzene rings is 1. The van der Waals surface area contributed by atoms with Crippen molar-refractivity contribution in [2.45, 2.75) is 70.2 Å². The van der Waals surface area contributed by atoms with Crippen LogP contribution in [0.3, 0.4) is 0 Å². The van der Waals surface area contributed by atoms with Crippen LogP contribution in [0.15, 0.2) is 36.4 Å². The summed E-state index contributed by atoms with van der Waals surface area (Å²) < 4.78 is 12.4. The Hall–Kier alpha value is -2.84. The van der Waals surface area contributed by atoms with Crippen molar-refractivity contribution >= 4 is 29.7 Å². The summed E-state index contributed by atoms with van der Waals surface area (Å²) in [7, 11) is 1.33. The predicted molar refractivity (Wildman–Crippen MR) is 134 cm³/mol. The molecule has 1 N–H and O–H groups in total. The van der Waals surface area contributed by atoms with Crippen LogP contribution in [0.5, 0.6) is 0 Å². The van der Waals surface area contributed by atoms with Crippen molar-refractivity contribution in [3.63, 3.8) is 0 Å². The molecule has 2 fully saturated rings. The zero-order valence-electron chi connectivity index (χ0n) is 20.4. The van der Waals surface area contributed by atoms with E-state index in [9.17, 15) is 9.59 Å². The molecule has 0 unspecified atom stereocenters. The number of carbonyl (C=O) groups excluding carboxylic acids is 2. The molecule has 35 heavy (non-hydrogen) atoms. The van der Waals surface area contributed by atoms with E-state index in [1.54, 1.807) is 4.68 Å². The first-order valence-electron chi connectivity index (χ1n) is 12.2. The monoisotopic (exact) mass is 500 g/mol. The number of halogens is 1. The summed E-state index contributed by atoms with van der Waals surface area (Å²) in [4.78, 5) is 26.9. The number of hydrogen-bond donors (Lipinski definition) is 1. The molecule has 8 nitrogen and oxygen atoms in total. The average Bonchev–Trinajstić information content (AvgIpc) is 3.59. The van der Waals surface area contributed by atoms with Crippen LogP contribution in [-0.4, -0.2) is 58.6 Å². The number of carbonyl (C=O) groups is 2. The van der Waals surface area contributed by atoms with Crippen molar-refractivity contribution in [2.75, 3.05) is 13.7 Å². The maximum absolute atomic E-state index is 13.5. The van der Waals surface area contributed by atoms with E-state index in [-0.39, 0.29) is 30.2 Å². The normalized spacial score (nSPS) is 21.0. The van der Waals surface area contributed by atoms with Crippen LogP contribution in [0.1, 0.15) is 63.4 Å². The van der Waals surface area contributed by atoms with E-state index in [1.165, 1.54) is 7.11 Å². The van der Waals surface area contributed by atoms with E-state index >= 15 is 0 Å². The van der Waals surface area contributed by atoms with Gasteiger partial charge in [0.15, 0.2) is 0 Å². The van der Waals surface area contributed by atoms with Crippen molar-refractivity contribution in [2.24, 2.45) is 0 Å². The van der Waals surface area contributed by atoms with Gasteiger partial charge in [-0.25, -0.2) is 9.48 Å². The quantitative estimate of drug-likeness (QED) is 0.557. The molecule has 2 aliphatic rings. The zero-order chi connectivity index (χ0) is 24.9. The molecule has 0 bridgehead atoms. The van der Waals surface area contributed by atoms with Gasteiger partial charge in [-0.2, -0.15) is 5.10 Å². The molecule has 3 atom stereocenters. The molecule has 1 saturated heterocycles. The Morgan fingerprint density at radius 3 is 2.80 bits per heavy atom. The number of aromatic nitrogens is 2. The minimum absolute atomic E-state index is 0.0585. The van der Waals surface area contributed by atoms with Gasteiger partial charge in [-0.05, 0) is 76.3 Å². The Labute approximate surface area is 211 Å². The Bertz CT molecular complexity index is 1080. The number of nitrogens with zero attached hydrogens (tertiary/aromatic N) is 3. The van der Waals surface area contributed by atoms with Crippen LogP contribution in [-0.2, 0) is 14.3 Å². The van der Waals surface area contributed by atoms with Crippen LogP contribution in [0, 0.1) is 0 Å². The van der Waals surface area contributed by atoms with E-state index in [0.29, 0.717) is 11.6 Å². The van der Waals surface area contributed by atoms with E-state index in [2.05, 4.69) is 10.1 Å². The summed E-state index contributed by atoms with van der Waals surface area (Å²) in [6.45, 7) is 4.37. The standard InChI is InChI=1S/C26H33ClN4O4/c1-17-7-4-11-24(35-17)25(32)30(20-12-13-20)18(2)23-16-22(10-6-14-28-26(33)34-3)31(29-23)21-9-5-8-19(27)15-21/h5-6,8-10,15-18,20,24H,4,7,11-14H2,1-3H3,(H,28,33)/b10-6+/t17-,18-,24-/m1/s1. The highest BCUT2D eigenvalue weighted by atomic mass is 35.5. The first kappa shape index (κ1) is 25.3. The minimum Gasteiger partial charge on any atom is -0.453 e. The first-order valence-corrected chi connectivity index (χ1v) is 12.6. The molecule has 2 heterocycles. The lowest BCUT2D eigenvalue weighted by Gasteiger charge is -2.35. The van der Waals surface area contributed by atoms with Gasteiger partial charge >= 0.3 is 6.09 Å². The smallest absolute Gasteiger partial charge is 0.407 e. The van der Waals surface area contributed by atoms with E-state index in [0.717, 1.165) is 49.2 Å². The number of ether oxygens (including phenoxy) is 2. The zero-order valence-corrected chi connectivity index (χ0v) is 21.2. The van der Waals surface area contributed by atoms with Crippen LogP contribution >= 0.6 is 11.6 Å². The molecule has 188 valence electrons. The fourth-order valence-electron chi connectivity index (χ4n) is 4.48. The topological polar surface area (TPSA) is 85.7 Å². The second-order valence-electron chi connectivity index (χ2n) is 9.18. The number of alkyl carbamates (subject to hydrolysis) is 1. The summed E-state index contributed by atoms with van der Waals surface area (Å²) in [5.74, 6) is 0.0585. The highest BCUT2D eigenvalue weighted by Crippen LogP contribution is 2.36. The molecule has 2 aromatic rings. The van der Waals surface area contributed by atoms with Gasteiger partial charge in [0.25, 0.3) is 5.91 Å². The van der Waals surface area contributed by atoms with Gasteiger partial charge in [0, 0.05) is 17.6 Å². The van der Waals surface area contributed by atoms with Gasteiger partial charge in [0.1, 0.15) is 6.10 Å². The summed E-state index contributed by atoms with van der Waals surface area (Å²) in [6.07, 6.45) is 7.68. The van der Waals surface area contributed by atoms with Crippen molar-refractivity contribution in [1.29, 1.82) is 0 Å². The molecular weight excluding hydrogens is 468 g/mol. The van der Waals surface area contributed by atoms with Crippen LogP contribution < -0.4 is 5.32 Å². The van der Waals surface area contributed by atoms with Crippen molar-refractivity contribution in [3.05, 3.63) is 52.8 Å². The largest absolute Gasteiger partial charge is 0.453 e. The third-order valence-corrected chi connectivity index (χ3v) is 6.67. The highest BCUT2D eigenvalue weighted by molar-refractivity contribution is 6.30. The maximum Gasteiger partial charge on any atom is 0.407 e. The Kier molecular flexibility index (Phi) is 8.13. The Morgan fingerprint density at radius 1 is 1.31 bits per heavy atom.